The standard InChI is InChI=1S/C26H33NO2/c28-16-13-26(29)19-25(27-14-7-8-15-27)17-22(20-9-3-1-4-10-20)24(26)23(18-25)21-11-5-2-6-12-21/h1-6,9-12,22-24,28-29H,7-8,13-19H2/t22-,23-,24?,25?,26-/m0/s1. The fraction of sp³-hybridized carbons (Fsp3) is 0.538. The van der Waals surface area contributed by atoms with E-state index in [2.05, 4.69) is 65.6 Å². The van der Waals surface area contributed by atoms with Crippen LogP contribution in [0.4, 0.5) is 0 Å². The first-order valence-electron chi connectivity index (χ1n) is 11.3. The van der Waals surface area contributed by atoms with Gasteiger partial charge in [-0.1, -0.05) is 60.7 Å². The Kier molecular flexibility index (Phi) is 5.01. The lowest BCUT2D eigenvalue weighted by molar-refractivity contribution is -0.171. The summed E-state index contributed by atoms with van der Waals surface area (Å²) in [6.45, 7) is 2.33. The number of hydrogen-bond donors (Lipinski definition) is 2. The molecule has 2 bridgehead atoms. The smallest absolute Gasteiger partial charge is 0.0726 e. The molecule has 0 aromatic heterocycles. The first-order chi connectivity index (χ1) is 14.2. The molecule has 3 heteroatoms. The van der Waals surface area contributed by atoms with E-state index in [1.54, 1.807) is 0 Å². The molecular weight excluding hydrogens is 358 g/mol. The molecule has 3 atom stereocenters. The highest BCUT2D eigenvalue weighted by Gasteiger charge is 2.63. The topological polar surface area (TPSA) is 43.7 Å². The zero-order valence-corrected chi connectivity index (χ0v) is 17.2. The van der Waals surface area contributed by atoms with Crippen LogP contribution in [0.5, 0.6) is 0 Å². The van der Waals surface area contributed by atoms with Gasteiger partial charge in [0.05, 0.1) is 5.60 Å². The van der Waals surface area contributed by atoms with Crippen LogP contribution in [0.15, 0.2) is 60.7 Å². The first kappa shape index (κ1) is 19.3. The van der Waals surface area contributed by atoms with Gasteiger partial charge in [0.2, 0.25) is 0 Å². The Morgan fingerprint density at radius 2 is 1.34 bits per heavy atom. The maximum absolute atomic E-state index is 12.1. The summed E-state index contributed by atoms with van der Waals surface area (Å²) in [5.74, 6) is 0.783. The minimum absolute atomic E-state index is 0.0240. The van der Waals surface area contributed by atoms with Crippen molar-refractivity contribution in [2.75, 3.05) is 19.7 Å². The third-order valence-electron chi connectivity index (χ3n) is 8.10. The van der Waals surface area contributed by atoms with Crippen molar-refractivity contribution >= 4 is 0 Å². The highest BCUT2D eigenvalue weighted by atomic mass is 16.3. The maximum Gasteiger partial charge on any atom is 0.0726 e. The maximum atomic E-state index is 12.1. The number of likely N-dealkylation sites (tertiary alicyclic amines) is 1. The Hall–Kier alpha value is -1.68. The van der Waals surface area contributed by atoms with E-state index in [0.717, 1.165) is 32.4 Å². The summed E-state index contributed by atoms with van der Waals surface area (Å²) in [6, 6.07) is 21.6. The van der Waals surface area contributed by atoms with Crippen molar-refractivity contribution < 1.29 is 10.2 Å². The van der Waals surface area contributed by atoms with E-state index in [1.165, 1.54) is 24.0 Å². The molecule has 2 N–H and O–H groups in total. The van der Waals surface area contributed by atoms with Gasteiger partial charge in [0.25, 0.3) is 0 Å². The highest BCUT2D eigenvalue weighted by Crippen LogP contribution is 2.64. The number of hydrogen-bond acceptors (Lipinski definition) is 3. The van der Waals surface area contributed by atoms with E-state index in [9.17, 15) is 10.2 Å². The Bertz CT molecular complexity index is 768. The van der Waals surface area contributed by atoms with Crippen LogP contribution < -0.4 is 0 Å². The largest absolute Gasteiger partial charge is 0.396 e. The van der Waals surface area contributed by atoms with E-state index in [1.807, 2.05) is 0 Å². The average molecular weight is 392 g/mol. The summed E-state index contributed by atoms with van der Waals surface area (Å²) in [6.07, 6.45) is 6.04. The zero-order valence-electron chi connectivity index (χ0n) is 17.2. The van der Waals surface area contributed by atoms with Crippen LogP contribution in [-0.2, 0) is 0 Å². The summed E-state index contributed by atoms with van der Waals surface area (Å²) >= 11 is 0. The number of aliphatic hydroxyl groups excluding tert-OH is 1. The van der Waals surface area contributed by atoms with Crippen molar-refractivity contribution in [2.24, 2.45) is 5.92 Å². The van der Waals surface area contributed by atoms with Gasteiger partial charge < -0.3 is 10.2 Å². The molecule has 29 heavy (non-hydrogen) atoms. The van der Waals surface area contributed by atoms with Gasteiger partial charge in [-0.15, -0.1) is 0 Å². The van der Waals surface area contributed by atoms with Crippen molar-refractivity contribution in [3.63, 3.8) is 0 Å². The molecule has 0 radical (unpaired) electrons. The number of benzene rings is 2. The van der Waals surface area contributed by atoms with Crippen LogP contribution in [0.25, 0.3) is 0 Å². The molecule has 0 unspecified atom stereocenters. The lowest BCUT2D eigenvalue weighted by Crippen LogP contribution is -2.67. The molecule has 2 aromatic rings. The van der Waals surface area contributed by atoms with Gasteiger partial charge in [0.1, 0.15) is 0 Å². The first-order valence-corrected chi connectivity index (χ1v) is 11.3. The second-order valence-electron chi connectivity index (χ2n) is 9.64. The average Bonchev–Trinajstić information content (AvgIpc) is 3.31. The minimum Gasteiger partial charge on any atom is -0.396 e. The highest BCUT2D eigenvalue weighted by molar-refractivity contribution is 5.34. The van der Waals surface area contributed by atoms with Gasteiger partial charge in [-0.3, -0.25) is 4.90 Å². The molecule has 4 aliphatic rings. The third-order valence-corrected chi connectivity index (χ3v) is 8.10. The van der Waals surface area contributed by atoms with Crippen LogP contribution >= 0.6 is 0 Å². The van der Waals surface area contributed by atoms with Gasteiger partial charge in [0, 0.05) is 18.1 Å². The second kappa shape index (κ2) is 7.54. The molecule has 4 fully saturated rings. The molecule has 1 saturated heterocycles. The van der Waals surface area contributed by atoms with Crippen LogP contribution in [0.2, 0.25) is 0 Å². The molecule has 3 saturated carbocycles. The molecule has 1 heterocycles. The fourth-order valence-corrected chi connectivity index (χ4v) is 7.08. The molecule has 3 aliphatic carbocycles. The number of rotatable bonds is 5. The van der Waals surface area contributed by atoms with Crippen LogP contribution in [-0.4, -0.2) is 45.9 Å². The summed E-state index contributed by atoms with van der Waals surface area (Å²) in [4.78, 5) is 2.69. The SMILES string of the molecule is OCC[C@]1(O)CC2(N3CCCC3)C[C@@H](c3ccccc3)C1[C@H](c1ccccc1)C2. The number of nitrogens with zero attached hydrogens (tertiary/aromatic N) is 1. The van der Waals surface area contributed by atoms with Crippen molar-refractivity contribution in [1.29, 1.82) is 0 Å². The minimum atomic E-state index is -0.825. The Balaban J connectivity index is 1.65. The van der Waals surface area contributed by atoms with Crippen LogP contribution in [0.1, 0.15) is 61.5 Å². The van der Waals surface area contributed by atoms with Crippen molar-refractivity contribution in [1.82, 2.24) is 4.90 Å². The summed E-state index contributed by atoms with van der Waals surface area (Å²) in [5, 5.41) is 22.0. The van der Waals surface area contributed by atoms with Gasteiger partial charge in [-0.2, -0.15) is 0 Å². The van der Waals surface area contributed by atoms with E-state index in [0.29, 0.717) is 18.3 Å². The zero-order chi connectivity index (χ0) is 19.9. The molecule has 154 valence electrons. The summed E-state index contributed by atoms with van der Waals surface area (Å²) < 4.78 is 0. The van der Waals surface area contributed by atoms with Crippen molar-refractivity contribution in [3.8, 4) is 0 Å². The molecule has 6 rings (SSSR count). The molecule has 0 spiro atoms. The molecule has 3 nitrogen and oxygen atoms in total. The lowest BCUT2D eigenvalue weighted by Gasteiger charge is -2.64. The summed E-state index contributed by atoms with van der Waals surface area (Å²) in [5.41, 5.74) is 1.89. The van der Waals surface area contributed by atoms with E-state index in [-0.39, 0.29) is 18.1 Å². The summed E-state index contributed by atoms with van der Waals surface area (Å²) in [7, 11) is 0. The Morgan fingerprint density at radius 3 is 1.83 bits per heavy atom. The van der Waals surface area contributed by atoms with E-state index >= 15 is 0 Å². The molecule has 2 aromatic carbocycles. The monoisotopic (exact) mass is 391 g/mol. The number of aliphatic hydroxyl groups is 2. The van der Waals surface area contributed by atoms with E-state index in [4.69, 9.17) is 0 Å². The van der Waals surface area contributed by atoms with Gasteiger partial charge in [0.15, 0.2) is 0 Å². The van der Waals surface area contributed by atoms with E-state index < -0.39 is 5.60 Å². The third kappa shape index (κ3) is 3.24. The van der Waals surface area contributed by atoms with Crippen molar-refractivity contribution in [2.45, 2.75) is 61.5 Å². The van der Waals surface area contributed by atoms with Crippen LogP contribution in [0, 0.1) is 5.92 Å². The predicted molar refractivity (Wildman–Crippen MR) is 116 cm³/mol. The lowest BCUT2D eigenvalue weighted by atomic mass is 9.47. The van der Waals surface area contributed by atoms with Crippen LogP contribution in [0.3, 0.4) is 0 Å². The molecule has 1 aliphatic heterocycles. The Morgan fingerprint density at radius 1 is 0.828 bits per heavy atom. The quantitative estimate of drug-likeness (QED) is 0.798. The fourth-order valence-electron chi connectivity index (χ4n) is 7.08. The van der Waals surface area contributed by atoms with Gasteiger partial charge in [-0.05, 0) is 74.6 Å². The molecule has 0 amide bonds. The second-order valence-corrected chi connectivity index (χ2v) is 9.64. The van der Waals surface area contributed by atoms with Gasteiger partial charge >= 0.3 is 0 Å². The van der Waals surface area contributed by atoms with Gasteiger partial charge in [-0.25, -0.2) is 0 Å². The van der Waals surface area contributed by atoms with Crippen molar-refractivity contribution in [3.05, 3.63) is 71.8 Å². The predicted octanol–water partition coefficient (Wildman–Crippen LogP) is 4.32. The Labute approximate surface area is 174 Å². The molecular formula is C26H33NO2. The normalized spacial score (nSPS) is 37.1. The number of fused-ring (bicyclic) bond motifs is 3.